The molecule has 1 aliphatic rings. The number of carbonyl (C=O) groups is 2. The molecule has 1 aliphatic carbocycles. The van der Waals surface area contributed by atoms with E-state index in [-0.39, 0.29) is 56.1 Å². The summed E-state index contributed by atoms with van der Waals surface area (Å²) in [5.41, 5.74) is -3.82. The van der Waals surface area contributed by atoms with Gasteiger partial charge in [0.25, 0.3) is 50.1 Å². The largest absolute Gasteiger partial charge is 0.443 e. The highest BCUT2D eigenvalue weighted by Crippen LogP contribution is 2.26. The van der Waals surface area contributed by atoms with Gasteiger partial charge in [0.15, 0.2) is 63.3 Å². The van der Waals surface area contributed by atoms with Gasteiger partial charge in [-0.05, 0) is 100 Å². The first kappa shape index (κ1) is 92.4. The lowest BCUT2D eigenvalue weighted by Gasteiger charge is -2.14. The normalized spacial score (nSPS) is 13.2. The fourth-order valence-electron chi connectivity index (χ4n) is 10.2. The molecule has 46 heteroatoms. The molecule has 0 unspecified atom stereocenters. The summed E-state index contributed by atoms with van der Waals surface area (Å²) in [5, 5.41) is 4.32. The van der Waals surface area contributed by atoms with Crippen molar-refractivity contribution in [3.63, 3.8) is 0 Å². The molecular weight excluding hydrogens is 1650 g/mol. The predicted molar refractivity (Wildman–Crippen MR) is 407 cm³/mol. The Morgan fingerprint density at radius 2 is 0.878 bits per heavy atom. The molecule has 0 N–H and O–H groups in total. The van der Waals surface area contributed by atoms with Crippen molar-refractivity contribution in [1.82, 2.24) is 52.5 Å². The fourth-order valence-corrected chi connectivity index (χ4v) is 17.4. The first-order valence-electron chi connectivity index (χ1n) is 33.3. The molecule has 9 aromatic rings. The van der Waals surface area contributed by atoms with Crippen LogP contribution in [0.3, 0.4) is 0 Å². The average molecular weight is 1730 g/mol. The van der Waals surface area contributed by atoms with Crippen LogP contribution >= 0.6 is 11.6 Å². The number of carbonyl (C=O) groups excluding carboxylic acids is 2. The second kappa shape index (κ2) is 36.8. The Bertz CT molecular complexity index is 6810. The van der Waals surface area contributed by atoms with Crippen LogP contribution in [0.2, 0.25) is 5.02 Å². The first-order valence-corrected chi connectivity index (χ1v) is 40.9. The number of esters is 1. The van der Waals surface area contributed by atoms with Crippen molar-refractivity contribution in [2.45, 2.75) is 95.0 Å². The van der Waals surface area contributed by atoms with Crippen LogP contribution in [-0.2, 0) is 106 Å². The van der Waals surface area contributed by atoms with Gasteiger partial charge >= 0.3 is 34.4 Å². The summed E-state index contributed by atoms with van der Waals surface area (Å²) >= 11 is 5.96. The number of rotatable bonds is 14. The zero-order valence-corrected chi connectivity index (χ0v) is 69.6. The number of aryl methyl sites for hydroxylation is 6. The molecule has 0 fully saturated rings. The molecule has 0 spiro atoms. The molecule has 0 saturated carbocycles. The highest BCUT2D eigenvalue weighted by molar-refractivity contribution is 7.94. The molecule has 115 heavy (non-hydrogen) atoms. The lowest BCUT2D eigenvalue weighted by molar-refractivity contribution is -0.151. The van der Waals surface area contributed by atoms with Gasteiger partial charge < -0.3 is 4.74 Å². The first-order chi connectivity index (χ1) is 53.3. The van der Waals surface area contributed by atoms with Crippen LogP contribution in [0.4, 0.5) is 22.0 Å². The van der Waals surface area contributed by atoms with Crippen LogP contribution < -0.4 is 55.9 Å². The SMILES string of the molecule is CN=c1c(F)cn(S(=O)(=O)C2=CCC=C2)c(=O)n1C.CN=c1c(F)cn(S(=O)(=O)c2cc(C)c(Cl)cc2C)c(=O)n1C.CN=c1c(F)cn(S(=O)(=O)c2cccc(C)c2)c(=O)n1C.CN=c1c(F)cn(S(=O)(=O)c2cn(C)nc2C)c(=O)n1C.Cc1ccc(S(=O)(=O)n2cc(F)c(=NC(=O)C(C)C)n(COC(=O)C(C)C)c2=O)cc1. The summed E-state index contributed by atoms with van der Waals surface area (Å²) in [7, 11) is -9.37. The molecule has 6 heterocycles. The third kappa shape index (κ3) is 19.9. The van der Waals surface area contributed by atoms with Gasteiger partial charge in [-0.3, -0.25) is 52.5 Å². The molecule has 0 bridgehead atoms. The number of amides is 1. The molecule has 35 nitrogen and oxygen atoms in total. The molecule has 3 aromatic carbocycles. The quantitative estimate of drug-likeness (QED) is 0.111. The summed E-state index contributed by atoms with van der Waals surface area (Å²) in [6.45, 7) is 13.5. The molecule has 0 saturated heterocycles. The standard InChI is InChI=1S/C20H24FN3O6S.C14H15ClFN3O3S.C13H14FN3O3S.C11H14FN5O3S.C11H12FN3O3S/c1-12(2)18(25)22-17-16(21)10-24(20(27)23(17)11-30-19(26)13(3)4)31(28,29)15-8-6-14(5)7-9-15;1-8-6-12(9(2)5-10(8)15)23(21,22)19-7-11(16)13(17-3)18(4)14(19)20;1-9-5-4-6-10(7-9)21(19,20)17-8-11(14)12(15-2)16(3)13(17)18;1-7-9(6-15(3)14-7)21(19,20)17-5-8(12)10(13-2)16(4)11(17)18;1-13-10-9(12)7-15(11(16)14(10)2)19(17,18)8-5-3-4-6-8/h6-10,12-13H,11H2,1-5H3;5-7H,1-4H3;4-8H,1-3H3;5-6H,1-4H3;3,5-7H,4H2,1-2H3. The van der Waals surface area contributed by atoms with Crippen LogP contribution in [0.5, 0.6) is 0 Å². The molecule has 10 rings (SSSR count). The highest BCUT2D eigenvalue weighted by Gasteiger charge is 2.30. The van der Waals surface area contributed by atoms with Gasteiger partial charge in [0.2, 0.25) is 5.91 Å². The minimum atomic E-state index is -4.47. The zero-order chi connectivity index (χ0) is 87.0. The van der Waals surface area contributed by atoms with Crippen molar-refractivity contribution in [2.75, 3.05) is 28.2 Å². The van der Waals surface area contributed by atoms with Gasteiger partial charge in [-0.2, -0.15) is 30.0 Å². The molecule has 0 radical (unpaired) electrons. The third-order valence-corrected chi connectivity index (χ3v) is 25.2. The molecule has 6 aromatic heterocycles. The van der Waals surface area contributed by atoms with Gasteiger partial charge in [0.05, 0.1) is 62.2 Å². The van der Waals surface area contributed by atoms with E-state index in [1.54, 1.807) is 66.8 Å². The molecule has 0 atom stereocenters. The minimum absolute atomic E-state index is 0.0183. The Morgan fingerprint density at radius 1 is 0.478 bits per heavy atom. The van der Waals surface area contributed by atoms with Crippen LogP contribution in [0.1, 0.15) is 62.1 Å². The van der Waals surface area contributed by atoms with E-state index < -0.39 is 144 Å². The minimum Gasteiger partial charge on any atom is -0.443 e. The lowest BCUT2D eigenvalue weighted by Crippen LogP contribution is -2.45. The van der Waals surface area contributed by atoms with Crippen molar-refractivity contribution < 1.29 is 78.4 Å². The summed E-state index contributed by atoms with van der Waals surface area (Å²) < 4.78 is 208. The Kier molecular flexibility index (Phi) is 29.6. The lowest BCUT2D eigenvalue weighted by atomic mass is 10.2. The van der Waals surface area contributed by atoms with Crippen molar-refractivity contribution in [3.05, 3.63) is 263 Å². The Balaban J connectivity index is 0.000000226. The summed E-state index contributed by atoms with van der Waals surface area (Å²) in [5.74, 6) is -7.44. The molecule has 620 valence electrons. The summed E-state index contributed by atoms with van der Waals surface area (Å²) in [6.07, 6.45) is 9.20. The fraction of sp³-hybridized carbons (Fsp3) is 0.319. The van der Waals surface area contributed by atoms with Gasteiger partial charge in [0.1, 0.15) is 4.90 Å². The molecule has 1 amide bonds. The molecular formula is C69H79ClF5N17O18S5. The highest BCUT2D eigenvalue weighted by atomic mass is 35.5. The van der Waals surface area contributed by atoms with E-state index >= 15 is 0 Å². The molecule has 0 aliphatic heterocycles. The van der Waals surface area contributed by atoms with Crippen molar-refractivity contribution in [2.24, 2.45) is 72.0 Å². The van der Waals surface area contributed by atoms with Gasteiger partial charge in [-0.15, -0.1) is 0 Å². The number of allylic oxidation sites excluding steroid dienone is 3. The van der Waals surface area contributed by atoms with E-state index in [0.29, 0.717) is 79.6 Å². The number of hydrogen-bond donors (Lipinski definition) is 0. The van der Waals surface area contributed by atoms with Gasteiger partial charge in [-0.1, -0.05) is 81.3 Å². The van der Waals surface area contributed by atoms with E-state index in [4.69, 9.17) is 16.3 Å². The van der Waals surface area contributed by atoms with Crippen LogP contribution in [0.25, 0.3) is 0 Å². The zero-order valence-electron chi connectivity index (χ0n) is 64.8. The monoisotopic (exact) mass is 1720 g/mol. The Morgan fingerprint density at radius 3 is 1.26 bits per heavy atom. The van der Waals surface area contributed by atoms with E-state index in [9.17, 15) is 97.6 Å². The smallest absolute Gasteiger partial charge is 0.346 e. The van der Waals surface area contributed by atoms with Crippen molar-refractivity contribution >= 4 is 73.6 Å². The van der Waals surface area contributed by atoms with Crippen molar-refractivity contribution in [3.8, 4) is 0 Å². The number of benzene rings is 3. The van der Waals surface area contributed by atoms with Gasteiger partial charge in [0, 0.05) is 80.6 Å². The average Bonchev–Trinajstić information content (AvgIpc) is 1.76. The summed E-state index contributed by atoms with van der Waals surface area (Å²) in [6, 6.07) is 14.5. The van der Waals surface area contributed by atoms with Crippen LogP contribution in [0, 0.1) is 75.5 Å². The second-order valence-electron chi connectivity index (χ2n) is 25.3. The Labute approximate surface area is 658 Å². The van der Waals surface area contributed by atoms with Crippen LogP contribution in [0.15, 0.2) is 189 Å². The summed E-state index contributed by atoms with van der Waals surface area (Å²) in [4.78, 5) is 103. The maximum absolute atomic E-state index is 14.9. The predicted octanol–water partition coefficient (Wildman–Crippen LogP) is 2.35. The van der Waals surface area contributed by atoms with E-state index in [1.807, 2.05) is 0 Å². The number of ether oxygens (including phenoxy) is 1. The topological polar surface area (TPSA) is 428 Å². The Hall–Kier alpha value is -11.4. The number of aromatic nitrogens is 12. The van der Waals surface area contributed by atoms with Gasteiger partial charge in [-0.25, -0.2) is 92.6 Å². The number of nitrogens with zero attached hydrogens (tertiary/aromatic N) is 17. The maximum atomic E-state index is 14.9. The maximum Gasteiger partial charge on any atom is 0.346 e. The number of hydrogen-bond acceptors (Lipinski definition) is 23. The second-order valence-corrected chi connectivity index (χ2v) is 34.7. The van der Waals surface area contributed by atoms with E-state index in [2.05, 4.69) is 30.1 Å². The van der Waals surface area contributed by atoms with Crippen molar-refractivity contribution in [1.29, 1.82) is 0 Å². The number of halogens is 6. The van der Waals surface area contributed by atoms with E-state index in [1.165, 1.54) is 149 Å². The third-order valence-electron chi connectivity index (χ3n) is 16.3. The van der Waals surface area contributed by atoms with Crippen LogP contribution in [-0.4, -0.2) is 135 Å². The van der Waals surface area contributed by atoms with E-state index in [0.717, 1.165) is 23.8 Å².